The molecule has 2 aromatic carbocycles. The fourth-order valence-electron chi connectivity index (χ4n) is 2.91. The minimum absolute atomic E-state index is 0.154. The van der Waals surface area contributed by atoms with Gasteiger partial charge in [0.25, 0.3) is 0 Å². The Morgan fingerprint density at radius 3 is 2.59 bits per heavy atom. The molecule has 170 valence electrons. The Morgan fingerprint density at radius 2 is 1.91 bits per heavy atom. The molecule has 0 aliphatic carbocycles. The summed E-state index contributed by atoms with van der Waals surface area (Å²) in [7, 11) is 3.17. The number of thiazole rings is 1. The normalized spacial score (nSPS) is 11.7. The fourth-order valence-corrected chi connectivity index (χ4v) is 3.80. The summed E-state index contributed by atoms with van der Waals surface area (Å²) < 4.78 is 22.2. The van der Waals surface area contributed by atoms with Gasteiger partial charge >= 0.3 is 6.09 Å². The van der Waals surface area contributed by atoms with Gasteiger partial charge in [0.15, 0.2) is 18.3 Å². The minimum Gasteiger partial charge on any atom is -0.493 e. The molecular formula is C24H28N2O5S. The predicted molar refractivity (Wildman–Crippen MR) is 129 cm³/mol. The summed E-state index contributed by atoms with van der Waals surface area (Å²) in [5.74, 6) is 1.24. The third-order valence-corrected chi connectivity index (χ3v) is 5.31. The van der Waals surface area contributed by atoms with Gasteiger partial charge in [0.1, 0.15) is 10.6 Å². The molecule has 1 N–H and O–H groups in total. The number of nitrogens with zero attached hydrogens (tertiary/aromatic N) is 1. The fraction of sp³-hybridized carbons (Fsp3) is 0.333. The Bertz CT molecular complexity index is 1130. The smallest absolute Gasteiger partial charge is 0.412 e. The quantitative estimate of drug-likeness (QED) is 0.432. The molecule has 0 bridgehead atoms. The van der Waals surface area contributed by atoms with Gasteiger partial charge in [0, 0.05) is 12.8 Å². The van der Waals surface area contributed by atoms with Gasteiger partial charge in [-0.2, -0.15) is 0 Å². The van der Waals surface area contributed by atoms with Crippen molar-refractivity contribution < 1.29 is 23.7 Å². The Balaban J connectivity index is 1.78. The van der Waals surface area contributed by atoms with Gasteiger partial charge in [0.05, 0.1) is 17.3 Å². The predicted octanol–water partition coefficient (Wildman–Crippen LogP) is 6.11. The maximum Gasteiger partial charge on any atom is 0.412 e. The number of hydrogen-bond acceptors (Lipinski definition) is 7. The highest BCUT2D eigenvalue weighted by Gasteiger charge is 2.17. The lowest BCUT2D eigenvalue weighted by Crippen LogP contribution is -2.27. The molecule has 3 rings (SSSR count). The molecule has 1 amide bonds. The van der Waals surface area contributed by atoms with E-state index in [0.29, 0.717) is 17.2 Å². The second-order valence-electron chi connectivity index (χ2n) is 8.11. The number of fused-ring (bicyclic) bond motifs is 1. The van der Waals surface area contributed by atoms with Gasteiger partial charge in [-0.15, -0.1) is 11.3 Å². The molecule has 0 saturated heterocycles. The molecule has 0 spiro atoms. The van der Waals surface area contributed by atoms with Gasteiger partial charge in [-0.05, 0) is 69.2 Å². The molecule has 32 heavy (non-hydrogen) atoms. The van der Waals surface area contributed by atoms with E-state index < -0.39 is 11.7 Å². The first kappa shape index (κ1) is 23.6. The minimum atomic E-state index is -0.554. The zero-order valence-electron chi connectivity index (χ0n) is 19.1. The van der Waals surface area contributed by atoms with Crippen LogP contribution in [0.2, 0.25) is 0 Å². The standard InChI is InChI=1S/C24H28N2O5S/c1-15-11-18-21(13-17(15)26-23(27)31-24(2,3)4)32-22(25-18)10-8-16-7-9-19(30-14-28-5)20(12-16)29-6/h7-13H,14H2,1-6H3,(H,26,27)/b10-8+. The van der Waals surface area contributed by atoms with Crippen LogP contribution in [0.1, 0.15) is 36.9 Å². The lowest BCUT2D eigenvalue weighted by Gasteiger charge is -2.20. The van der Waals surface area contributed by atoms with Crippen LogP contribution in [0.5, 0.6) is 11.5 Å². The van der Waals surface area contributed by atoms with Crippen molar-refractivity contribution in [2.24, 2.45) is 0 Å². The van der Waals surface area contributed by atoms with Crippen molar-refractivity contribution in [1.82, 2.24) is 4.98 Å². The molecule has 3 aromatic rings. The zero-order chi connectivity index (χ0) is 23.3. The number of anilines is 1. The Kier molecular flexibility index (Phi) is 7.37. The lowest BCUT2D eigenvalue weighted by molar-refractivity contribution is 0.0491. The Hall–Kier alpha value is -3.10. The van der Waals surface area contributed by atoms with Crippen LogP contribution >= 0.6 is 11.3 Å². The average Bonchev–Trinajstić information content (AvgIpc) is 3.11. The monoisotopic (exact) mass is 456 g/mol. The number of carbonyl (C=O) groups is 1. The highest BCUT2D eigenvalue weighted by Crippen LogP contribution is 2.31. The molecule has 1 aromatic heterocycles. The van der Waals surface area contributed by atoms with Crippen LogP contribution < -0.4 is 14.8 Å². The van der Waals surface area contributed by atoms with E-state index in [0.717, 1.165) is 26.4 Å². The highest BCUT2D eigenvalue weighted by molar-refractivity contribution is 7.19. The number of nitrogens with one attached hydrogen (secondary N) is 1. The van der Waals surface area contributed by atoms with E-state index >= 15 is 0 Å². The summed E-state index contributed by atoms with van der Waals surface area (Å²) in [4.78, 5) is 16.8. The summed E-state index contributed by atoms with van der Waals surface area (Å²) in [6.07, 6.45) is 3.44. The van der Waals surface area contributed by atoms with E-state index in [2.05, 4.69) is 10.3 Å². The number of benzene rings is 2. The summed E-state index contributed by atoms with van der Waals surface area (Å²) in [6, 6.07) is 9.55. The van der Waals surface area contributed by atoms with Crippen LogP contribution in [0.25, 0.3) is 22.4 Å². The van der Waals surface area contributed by atoms with E-state index in [1.807, 2.05) is 70.2 Å². The second-order valence-corrected chi connectivity index (χ2v) is 9.17. The van der Waals surface area contributed by atoms with Crippen LogP contribution in [0.4, 0.5) is 10.5 Å². The number of aryl methyl sites for hydroxylation is 1. The van der Waals surface area contributed by atoms with Gasteiger partial charge in [-0.1, -0.05) is 12.1 Å². The molecule has 0 saturated carbocycles. The van der Waals surface area contributed by atoms with Crippen molar-refractivity contribution in [1.29, 1.82) is 0 Å². The third-order valence-electron chi connectivity index (χ3n) is 4.33. The van der Waals surface area contributed by atoms with Crippen LogP contribution in [0.15, 0.2) is 30.3 Å². The van der Waals surface area contributed by atoms with Crippen molar-refractivity contribution in [3.05, 3.63) is 46.5 Å². The first-order valence-electron chi connectivity index (χ1n) is 10.1. The first-order chi connectivity index (χ1) is 15.2. The molecule has 0 atom stereocenters. The topological polar surface area (TPSA) is 78.9 Å². The number of ether oxygens (including phenoxy) is 4. The summed E-state index contributed by atoms with van der Waals surface area (Å²) >= 11 is 1.54. The number of aromatic nitrogens is 1. The lowest BCUT2D eigenvalue weighted by atomic mass is 10.2. The maximum absolute atomic E-state index is 12.1. The van der Waals surface area contributed by atoms with Crippen molar-refractivity contribution in [3.63, 3.8) is 0 Å². The molecule has 0 aliphatic heterocycles. The zero-order valence-corrected chi connectivity index (χ0v) is 20.0. The van der Waals surface area contributed by atoms with Gasteiger partial charge < -0.3 is 18.9 Å². The van der Waals surface area contributed by atoms with Crippen molar-refractivity contribution >= 4 is 45.5 Å². The summed E-state index contributed by atoms with van der Waals surface area (Å²) in [5.41, 5.74) is 2.90. The number of hydrogen-bond donors (Lipinski definition) is 1. The molecule has 0 aliphatic rings. The maximum atomic E-state index is 12.1. The Morgan fingerprint density at radius 1 is 1.12 bits per heavy atom. The van der Waals surface area contributed by atoms with E-state index in [-0.39, 0.29) is 6.79 Å². The van der Waals surface area contributed by atoms with Gasteiger partial charge in [-0.25, -0.2) is 9.78 Å². The van der Waals surface area contributed by atoms with Crippen molar-refractivity contribution in [3.8, 4) is 11.5 Å². The Labute approximate surface area is 192 Å². The largest absolute Gasteiger partial charge is 0.493 e. The van der Waals surface area contributed by atoms with Crippen LogP contribution in [-0.4, -0.2) is 37.7 Å². The number of carbonyl (C=O) groups excluding carboxylic acids is 1. The number of rotatable bonds is 7. The molecule has 0 fully saturated rings. The summed E-state index contributed by atoms with van der Waals surface area (Å²) in [6.45, 7) is 7.59. The van der Waals surface area contributed by atoms with Crippen molar-refractivity contribution in [2.75, 3.05) is 26.3 Å². The van der Waals surface area contributed by atoms with E-state index in [9.17, 15) is 4.79 Å². The van der Waals surface area contributed by atoms with E-state index in [4.69, 9.17) is 18.9 Å². The average molecular weight is 457 g/mol. The number of methoxy groups -OCH3 is 2. The molecule has 8 heteroatoms. The van der Waals surface area contributed by atoms with Gasteiger partial charge in [-0.3, -0.25) is 5.32 Å². The van der Waals surface area contributed by atoms with E-state index in [1.165, 1.54) is 0 Å². The summed E-state index contributed by atoms with van der Waals surface area (Å²) in [5, 5.41) is 3.68. The number of amides is 1. The molecule has 1 heterocycles. The second kappa shape index (κ2) is 10.0. The molecular weight excluding hydrogens is 428 g/mol. The van der Waals surface area contributed by atoms with Crippen LogP contribution in [0.3, 0.4) is 0 Å². The van der Waals surface area contributed by atoms with Crippen LogP contribution in [-0.2, 0) is 9.47 Å². The van der Waals surface area contributed by atoms with Crippen molar-refractivity contribution in [2.45, 2.75) is 33.3 Å². The molecule has 0 unspecified atom stereocenters. The third kappa shape index (κ3) is 6.21. The van der Waals surface area contributed by atoms with E-state index in [1.54, 1.807) is 25.6 Å². The molecule has 7 nitrogen and oxygen atoms in total. The first-order valence-corrected chi connectivity index (χ1v) is 10.9. The SMILES string of the molecule is COCOc1ccc(/C=C/c2nc3cc(C)c(NC(=O)OC(C)(C)C)cc3s2)cc1OC. The van der Waals surface area contributed by atoms with Crippen LogP contribution in [0, 0.1) is 6.92 Å². The highest BCUT2D eigenvalue weighted by atomic mass is 32.1. The van der Waals surface area contributed by atoms with Gasteiger partial charge in [0.2, 0.25) is 0 Å². The molecule has 0 radical (unpaired) electrons.